The second-order valence-corrected chi connectivity index (χ2v) is 5.85. The third kappa shape index (κ3) is 3.64. The van der Waals surface area contributed by atoms with Crippen molar-refractivity contribution in [3.63, 3.8) is 0 Å². The molecule has 3 atom stereocenters. The molecule has 3 unspecified atom stereocenters. The molecule has 2 nitrogen and oxygen atoms in total. The molecule has 0 radical (unpaired) electrons. The highest BCUT2D eigenvalue weighted by Crippen LogP contribution is 2.30. The first-order valence-corrected chi connectivity index (χ1v) is 7.46. The summed E-state index contributed by atoms with van der Waals surface area (Å²) in [6, 6.07) is 18.4. The summed E-state index contributed by atoms with van der Waals surface area (Å²) in [6.45, 7) is 3.89. The van der Waals surface area contributed by atoms with Gasteiger partial charge in [-0.25, -0.2) is 0 Å². The molecule has 0 fully saturated rings. The summed E-state index contributed by atoms with van der Waals surface area (Å²) in [7, 11) is 0. The summed E-state index contributed by atoms with van der Waals surface area (Å²) in [4.78, 5) is 11.0. The minimum absolute atomic E-state index is 0.0911. The normalized spacial score (nSPS) is 15.2. The number of rotatable bonds is 5. The molecule has 2 aromatic carbocycles. The zero-order valence-corrected chi connectivity index (χ0v) is 12.9. The molecule has 2 aromatic rings. The second-order valence-electron chi connectivity index (χ2n) is 5.38. The van der Waals surface area contributed by atoms with Gasteiger partial charge in [0.2, 0.25) is 0 Å². The Hall–Kier alpha value is -1.80. The lowest BCUT2D eigenvalue weighted by Crippen LogP contribution is -2.25. The Labute approximate surface area is 130 Å². The van der Waals surface area contributed by atoms with Crippen LogP contribution in [0.1, 0.15) is 25.3 Å². The number of benzene rings is 2. The van der Waals surface area contributed by atoms with E-state index < -0.39 is 11.3 Å². The largest absolute Gasteiger partial charge is 0.480 e. The Morgan fingerprint density at radius 3 is 2.00 bits per heavy atom. The first-order chi connectivity index (χ1) is 10.0. The van der Waals surface area contributed by atoms with Gasteiger partial charge in [0.1, 0.15) is 5.38 Å². The van der Waals surface area contributed by atoms with E-state index in [-0.39, 0.29) is 11.8 Å². The van der Waals surface area contributed by atoms with Gasteiger partial charge in [-0.15, -0.1) is 11.6 Å². The lowest BCUT2D eigenvalue weighted by molar-refractivity contribution is -0.137. The van der Waals surface area contributed by atoms with Crippen LogP contribution in [0.4, 0.5) is 0 Å². The smallest absolute Gasteiger partial charge is 0.321 e. The Balaban J connectivity index is 2.17. The van der Waals surface area contributed by atoms with Gasteiger partial charge in [-0.1, -0.05) is 68.4 Å². The van der Waals surface area contributed by atoms with Crippen molar-refractivity contribution in [3.8, 4) is 11.1 Å². The lowest BCUT2D eigenvalue weighted by Gasteiger charge is -2.22. The first-order valence-electron chi connectivity index (χ1n) is 7.03. The molecule has 0 aliphatic rings. The van der Waals surface area contributed by atoms with E-state index >= 15 is 0 Å². The van der Waals surface area contributed by atoms with Gasteiger partial charge in [-0.3, -0.25) is 4.79 Å². The van der Waals surface area contributed by atoms with Crippen LogP contribution in [0, 0.1) is 5.92 Å². The fourth-order valence-corrected chi connectivity index (χ4v) is 2.61. The minimum Gasteiger partial charge on any atom is -0.480 e. The first kappa shape index (κ1) is 15.6. The summed E-state index contributed by atoms with van der Waals surface area (Å²) in [6.07, 6.45) is 0. The van der Waals surface area contributed by atoms with Crippen molar-refractivity contribution >= 4 is 17.6 Å². The Morgan fingerprint density at radius 1 is 0.952 bits per heavy atom. The van der Waals surface area contributed by atoms with Gasteiger partial charge in [0.05, 0.1) is 0 Å². The molecular weight excluding hydrogens is 284 g/mol. The zero-order valence-electron chi connectivity index (χ0n) is 12.2. The van der Waals surface area contributed by atoms with Crippen molar-refractivity contribution < 1.29 is 9.90 Å². The van der Waals surface area contributed by atoms with Crippen LogP contribution in [0.3, 0.4) is 0 Å². The van der Waals surface area contributed by atoms with E-state index in [0.717, 1.165) is 11.1 Å². The molecule has 0 saturated heterocycles. The predicted octanol–water partition coefficient (Wildman–Crippen LogP) is 4.79. The number of aliphatic carboxylic acids is 1. The maximum Gasteiger partial charge on any atom is 0.321 e. The summed E-state index contributed by atoms with van der Waals surface area (Å²) in [5, 5.41) is 8.14. The quantitative estimate of drug-likeness (QED) is 0.807. The van der Waals surface area contributed by atoms with E-state index in [1.165, 1.54) is 5.56 Å². The highest BCUT2D eigenvalue weighted by Gasteiger charge is 2.27. The average molecular weight is 303 g/mol. The SMILES string of the molecule is CC(c1ccc(-c2ccccc2)cc1)C(C)C(Cl)C(=O)O. The molecule has 1 N–H and O–H groups in total. The molecule has 0 aliphatic carbocycles. The molecule has 21 heavy (non-hydrogen) atoms. The zero-order chi connectivity index (χ0) is 15.4. The summed E-state index contributed by atoms with van der Waals surface area (Å²) >= 11 is 5.94. The molecule has 110 valence electrons. The van der Waals surface area contributed by atoms with E-state index in [2.05, 4.69) is 36.4 Å². The maximum atomic E-state index is 11.0. The van der Waals surface area contributed by atoms with Crippen molar-refractivity contribution in [1.82, 2.24) is 0 Å². The van der Waals surface area contributed by atoms with Crippen molar-refractivity contribution in [2.24, 2.45) is 5.92 Å². The number of hydrogen-bond donors (Lipinski definition) is 1. The van der Waals surface area contributed by atoms with Crippen LogP contribution in [0.5, 0.6) is 0 Å². The highest BCUT2D eigenvalue weighted by molar-refractivity contribution is 6.29. The fraction of sp³-hybridized carbons (Fsp3) is 0.278. The molecule has 0 aliphatic heterocycles. The van der Waals surface area contributed by atoms with Crippen LogP contribution in [-0.4, -0.2) is 16.5 Å². The highest BCUT2D eigenvalue weighted by atomic mass is 35.5. The van der Waals surface area contributed by atoms with Crippen LogP contribution in [0.25, 0.3) is 11.1 Å². The number of hydrogen-bond acceptors (Lipinski definition) is 1. The van der Waals surface area contributed by atoms with Crippen LogP contribution >= 0.6 is 11.6 Å². The van der Waals surface area contributed by atoms with E-state index in [1.54, 1.807) is 0 Å². The molecule has 3 heteroatoms. The lowest BCUT2D eigenvalue weighted by atomic mass is 9.86. The molecule has 2 rings (SSSR count). The topological polar surface area (TPSA) is 37.3 Å². The number of alkyl halides is 1. The summed E-state index contributed by atoms with van der Waals surface area (Å²) < 4.78 is 0. The van der Waals surface area contributed by atoms with Crippen molar-refractivity contribution in [2.75, 3.05) is 0 Å². The van der Waals surface area contributed by atoms with Crippen LogP contribution in [0.15, 0.2) is 54.6 Å². The maximum absolute atomic E-state index is 11.0. The Bertz CT molecular complexity index is 592. The molecule has 0 heterocycles. The van der Waals surface area contributed by atoms with Gasteiger partial charge in [0.25, 0.3) is 0 Å². The summed E-state index contributed by atoms with van der Waals surface area (Å²) in [5.41, 5.74) is 3.43. The van der Waals surface area contributed by atoms with E-state index in [4.69, 9.17) is 16.7 Å². The van der Waals surface area contributed by atoms with Gasteiger partial charge < -0.3 is 5.11 Å². The number of carboxylic acids is 1. The second kappa shape index (κ2) is 6.77. The fourth-order valence-electron chi connectivity index (χ4n) is 2.39. The average Bonchev–Trinajstić information content (AvgIpc) is 2.53. The van der Waals surface area contributed by atoms with Gasteiger partial charge in [-0.2, -0.15) is 0 Å². The van der Waals surface area contributed by atoms with Gasteiger partial charge in [-0.05, 0) is 28.5 Å². The van der Waals surface area contributed by atoms with Crippen LogP contribution in [0.2, 0.25) is 0 Å². The molecule has 0 aromatic heterocycles. The van der Waals surface area contributed by atoms with Crippen molar-refractivity contribution in [3.05, 3.63) is 60.2 Å². The van der Waals surface area contributed by atoms with E-state index in [1.807, 2.05) is 32.0 Å². The number of carboxylic acid groups (broad SMARTS) is 1. The van der Waals surface area contributed by atoms with Crippen LogP contribution in [-0.2, 0) is 4.79 Å². The third-order valence-corrected chi connectivity index (χ3v) is 4.61. The monoisotopic (exact) mass is 302 g/mol. The van der Waals surface area contributed by atoms with Crippen molar-refractivity contribution in [2.45, 2.75) is 25.1 Å². The molecular formula is C18H19ClO2. The standard InChI is InChI=1S/C18H19ClO2/c1-12(13(2)17(19)18(20)21)14-8-10-16(11-9-14)15-6-4-3-5-7-15/h3-13,17H,1-2H3,(H,20,21). The Kier molecular flexibility index (Phi) is 5.03. The molecule has 0 spiro atoms. The summed E-state index contributed by atoms with van der Waals surface area (Å²) in [5.74, 6) is -1.00. The number of carbonyl (C=O) groups is 1. The van der Waals surface area contributed by atoms with Gasteiger partial charge >= 0.3 is 5.97 Å². The molecule has 0 bridgehead atoms. The van der Waals surface area contributed by atoms with E-state index in [0.29, 0.717) is 0 Å². The Morgan fingerprint density at radius 2 is 1.48 bits per heavy atom. The number of halogens is 1. The van der Waals surface area contributed by atoms with E-state index in [9.17, 15) is 4.79 Å². The van der Waals surface area contributed by atoms with Gasteiger partial charge in [0, 0.05) is 0 Å². The minimum atomic E-state index is -0.961. The van der Waals surface area contributed by atoms with Crippen molar-refractivity contribution in [1.29, 1.82) is 0 Å². The molecule has 0 saturated carbocycles. The predicted molar refractivity (Wildman–Crippen MR) is 86.7 cm³/mol. The third-order valence-electron chi connectivity index (χ3n) is 4.03. The molecule has 0 amide bonds. The van der Waals surface area contributed by atoms with Gasteiger partial charge in [0.15, 0.2) is 0 Å². The van der Waals surface area contributed by atoms with Crippen LogP contribution < -0.4 is 0 Å².